The average molecular weight is 257 g/mol. The molecule has 0 saturated carbocycles. The van der Waals surface area contributed by atoms with Gasteiger partial charge < -0.3 is 5.11 Å². The Bertz CT molecular complexity index is 533. The van der Waals surface area contributed by atoms with Crippen LogP contribution in [0.2, 0.25) is 0 Å². The van der Waals surface area contributed by atoms with Crippen molar-refractivity contribution >= 4 is 0 Å². The first-order valence-electron chi connectivity index (χ1n) is 5.10. The van der Waals surface area contributed by atoms with Gasteiger partial charge in [-0.1, -0.05) is 6.07 Å². The molecule has 2 aromatic heterocycles. The molecule has 1 N–H and O–H groups in total. The first-order valence-corrected chi connectivity index (χ1v) is 5.10. The molecule has 18 heavy (non-hydrogen) atoms. The summed E-state index contributed by atoms with van der Waals surface area (Å²) in [7, 11) is 0. The fourth-order valence-electron chi connectivity index (χ4n) is 1.51. The van der Waals surface area contributed by atoms with E-state index in [4.69, 9.17) is 5.11 Å². The lowest BCUT2D eigenvalue weighted by Crippen LogP contribution is -2.20. The highest BCUT2D eigenvalue weighted by atomic mass is 19.4. The second kappa shape index (κ2) is 4.41. The summed E-state index contributed by atoms with van der Waals surface area (Å²) < 4.78 is 38.5. The summed E-state index contributed by atoms with van der Waals surface area (Å²) in [4.78, 5) is 7.86. The lowest BCUT2D eigenvalue weighted by Gasteiger charge is -2.14. The molecular formula is C11H10F3N3O. The predicted octanol–water partition coefficient (Wildman–Crippen LogP) is 2.17. The maximum atomic E-state index is 12.3. The molecule has 2 heterocycles. The zero-order valence-electron chi connectivity index (χ0n) is 9.39. The van der Waals surface area contributed by atoms with Crippen LogP contribution in [0.4, 0.5) is 13.2 Å². The van der Waals surface area contributed by atoms with Crippen LogP contribution in [0.25, 0.3) is 5.82 Å². The Hall–Kier alpha value is -1.89. The van der Waals surface area contributed by atoms with Gasteiger partial charge in [-0.15, -0.1) is 0 Å². The van der Waals surface area contributed by atoms with E-state index in [1.54, 1.807) is 23.9 Å². The van der Waals surface area contributed by atoms with Crippen LogP contribution in [0.5, 0.6) is 0 Å². The predicted molar refractivity (Wildman–Crippen MR) is 57.1 cm³/mol. The molecule has 96 valence electrons. The van der Waals surface area contributed by atoms with Crippen molar-refractivity contribution in [2.75, 3.05) is 0 Å². The zero-order chi connectivity index (χ0) is 13.3. The third-order valence-corrected chi connectivity index (χ3v) is 2.47. The minimum Gasteiger partial charge on any atom is -0.379 e. The van der Waals surface area contributed by atoms with Gasteiger partial charge in [0.25, 0.3) is 0 Å². The molecule has 0 radical (unpaired) electrons. The van der Waals surface area contributed by atoms with Crippen molar-refractivity contribution in [1.82, 2.24) is 14.5 Å². The normalized spacial score (nSPS) is 13.6. The van der Waals surface area contributed by atoms with E-state index in [0.717, 1.165) is 6.20 Å². The van der Waals surface area contributed by atoms with Gasteiger partial charge in [-0.25, -0.2) is 9.97 Å². The van der Waals surface area contributed by atoms with Crippen LogP contribution in [0, 0.1) is 6.92 Å². The number of halogens is 3. The fourth-order valence-corrected chi connectivity index (χ4v) is 1.51. The van der Waals surface area contributed by atoms with Crippen molar-refractivity contribution in [3.63, 3.8) is 0 Å². The SMILES string of the molecule is Cc1nccn1-c1ccc(C(O)C(F)(F)F)cn1. The van der Waals surface area contributed by atoms with Crippen molar-refractivity contribution < 1.29 is 18.3 Å². The Balaban J connectivity index is 2.29. The number of alkyl halides is 3. The Morgan fingerprint density at radius 1 is 1.28 bits per heavy atom. The Morgan fingerprint density at radius 3 is 2.44 bits per heavy atom. The maximum Gasteiger partial charge on any atom is 0.418 e. The highest BCUT2D eigenvalue weighted by molar-refractivity contribution is 5.28. The molecule has 0 bridgehead atoms. The molecule has 0 spiro atoms. The van der Waals surface area contributed by atoms with Gasteiger partial charge in [-0.3, -0.25) is 4.57 Å². The summed E-state index contributed by atoms with van der Waals surface area (Å²) in [5.74, 6) is 1.12. The lowest BCUT2D eigenvalue weighted by molar-refractivity contribution is -0.206. The first kappa shape index (κ1) is 12.6. The van der Waals surface area contributed by atoms with Gasteiger partial charge in [0.15, 0.2) is 6.10 Å². The zero-order valence-corrected chi connectivity index (χ0v) is 9.39. The molecule has 4 nitrogen and oxygen atoms in total. The number of pyridine rings is 1. The van der Waals surface area contributed by atoms with Crippen LogP contribution in [-0.2, 0) is 0 Å². The van der Waals surface area contributed by atoms with Crippen LogP contribution in [0.3, 0.4) is 0 Å². The van der Waals surface area contributed by atoms with Gasteiger partial charge in [-0.05, 0) is 13.0 Å². The summed E-state index contributed by atoms with van der Waals surface area (Å²) in [5, 5.41) is 9.05. The molecule has 0 aliphatic heterocycles. The quantitative estimate of drug-likeness (QED) is 0.897. The van der Waals surface area contributed by atoms with Crippen LogP contribution < -0.4 is 0 Å². The van der Waals surface area contributed by atoms with E-state index in [-0.39, 0.29) is 5.56 Å². The Labute approximate surface area is 101 Å². The minimum absolute atomic E-state index is 0.288. The Kier molecular flexibility index (Phi) is 3.08. The van der Waals surface area contributed by atoms with Crippen LogP contribution >= 0.6 is 0 Å². The molecule has 0 saturated heterocycles. The molecule has 0 aromatic carbocycles. The summed E-state index contributed by atoms with van der Waals surface area (Å²) in [6, 6.07) is 2.60. The maximum absolute atomic E-state index is 12.3. The lowest BCUT2D eigenvalue weighted by atomic mass is 10.1. The van der Waals surface area contributed by atoms with E-state index < -0.39 is 12.3 Å². The standard InChI is InChI=1S/C11H10F3N3O/c1-7-15-4-5-17(7)9-3-2-8(6-16-9)10(18)11(12,13)14/h2-6,10,18H,1H3. The number of imidazole rings is 1. The van der Waals surface area contributed by atoms with Gasteiger partial charge in [0.1, 0.15) is 11.6 Å². The Morgan fingerprint density at radius 2 is 2.00 bits per heavy atom. The number of aryl methyl sites for hydroxylation is 1. The molecule has 1 atom stereocenters. The van der Waals surface area contributed by atoms with Crippen LogP contribution in [0.1, 0.15) is 17.5 Å². The van der Waals surface area contributed by atoms with Crippen molar-refractivity contribution in [3.05, 3.63) is 42.1 Å². The van der Waals surface area contributed by atoms with Gasteiger partial charge in [-0.2, -0.15) is 13.2 Å². The number of nitrogens with zero attached hydrogens (tertiary/aromatic N) is 3. The van der Waals surface area contributed by atoms with Gasteiger partial charge in [0.2, 0.25) is 0 Å². The van der Waals surface area contributed by atoms with E-state index in [0.29, 0.717) is 11.6 Å². The third kappa shape index (κ3) is 2.35. The second-order valence-corrected chi connectivity index (χ2v) is 3.74. The van der Waals surface area contributed by atoms with Crippen molar-refractivity contribution in [2.24, 2.45) is 0 Å². The number of aromatic nitrogens is 3. The number of rotatable bonds is 2. The number of hydrogen-bond acceptors (Lipinski definition) is 3. The second-order valence-electron chi connectivity index (χ2n) is 3.74. The van der Waals surface area contributed by atoms with Crippen molar-refractivity contribution in [1.29, 1.82) is 0 Å². The highest BCUT2D eigenvalue weighted by Crippen LogP contribution is 2.32. The summed E-state index contributed by atoms with van der Waals surface area (Å²) in [5.41, 5.74) is -0.288. The summed E-state index contributed by atoms with van der Waals surface area (Å²) >= 11 is 0. The van der Waals surface area contributed by atoms with Gasteiger partial charge in [0, 0.05) is 24.2 Å². The summed E-state index contributed by atoms with van der Waals surface area (Å²) in [6.07, 6.45) is -2.98. The molecule has 0 aliphatic carbocycles. The van der Waals surface area contributed by atoms with Crippen LogP contribution in [-0.4, -0.2) is 25.8 Å². The van der Waals surface area contributed by atoms with Gasteiger partial charge in [0.05, 0.1) is 0 Å². The molecule has 1 unspecified atom stereocenters. The van der Waals surface area contributed by atoms with Gasteiger partial charge >= 0.3 is 6.18 Å². The topological polar surface area (TPSA) is 50.9 Å². The first-order chi connectivity index (χ1) is 8.39. The average Bonchev–Trinajstić information content (AvgIpc) is 2.73. The monoisotopic (exact) mass is 257 g/mol. The van der Waals surface area contributed by atoms with E-state index in [1.807, 2.05) is 0 Å². The largest absolute Gasteiger partial charge is 0.418 e. The van der Waals surface area contributed by atoms with Crippen molar-refractivity contribution in [3.8, 4) is 5.82 Å². The van der Waals surface area contributed by atoms with E-state index in [9.17, 15) is 13.2 Å². The fraction of sp³-hybridized carbons (Fsp3) is 0.273. The molecule has 0 amide bonds. The minimum atomic E-state index is -4.69. The number of hydrogen-bond donors (Lipinski definition) is 1. The molecule has 7 heteroatoms. The molecular weight excluding hydrogens is 247 g/mol. The molecule has 2 rings (SSSR count). The van der Waals surface area contributed by atoms with Crippen molar-refractivity contribution in [2.45, 2.75) is 19.2 Å². The number of aliphatic hydroxyl groups is 1. The van der Waals surface area contributed by atoms with Crippen LogP contribution in [0.15, 0.2) is 30.7 Å². The third-order valence-electron chi connectivity index (χ3n) is 2.47. The van der Waals surface area contributed by atoms with E-state index in [2.05, 4.69) is 9.97 Å². The smallest absolute Gasteiger partial charge is 0.379 e. The molecule has 0 aliphatic rings. The summed E-state index contributed by atoms with van der Waals surface area (Å²) in [6.45, 7) is 1.75. The van der Waals surface area contributed by atoms with E-state index in [1.165, 1.54) is 12.1 Å². The molecule has 0 fully saturated rings. The van der Waals surface area contributed by atoms with E-state index >= 15 is 0 Å². The highest BCUT2D eigenvalue weighted by Gasteiger charge is 2.39. The molecule has 2 aromatic rings. The number of aliphatic hydroxyl groups excluding tert-OH is 1.